The van der Waals surface area contributed by atoms with Crippen molar-refractivity contribution < 1.29 is 96.6 Å². The largest absolute Gasteiger partial charge is 0.460 e. The fourth-order valence-electron chi connectivity index (χ4n) is 4.53. The fourth-order valence-corrected chi connectivity index (χ4v) is 4.53. The maximum atomic E-state index is 15.8. The maximum Gasteiger partial charge on any atom is 0.460 e. The van der Waals surface area contributed by atoms with Crippen LogP contribution in [-0.4, -0.2) is 46.0 Å². The summed E-state index contributed by atoms with van der Waals surface area (Å²) in [4.78, 5) is 4.33. The summed E-state index contributed by atoms with van der Waals surface area (Å²) < 4.78 is 311. The zero-order valence-electron chi connectivity index (χ0n) is 25.5. The summed E-state index contributed by atoms with van der Waals surface area (Å²) in [5.41, 5.74) is -13.2. The molecule has 55 heavy (non-hydrogen) atoms. The van der Waals surface area contributed by atoms with Gasteiger partial charge in [-0.3, -0.25) is 0 Å². The summed E-state index contributed by atoms with van der Waals surface area (Å²) in [5.74, 6) is -61.8. The predicted molar refractivity (Wildman–Crippen MR) is 142 cm³/mol. The molecule has 0 saturated carbocycles. The van der Waals surface area contributed by atoms with Crippen LogP contribution in [0.15, 0.2) is 66.7 Å². The van der Waals surface area contributed by atoms with E-state index in [4.69, 9.17) is 0 Å². The standard InChI is InChI=1S/C30H11F22N3/c31-17-16(18(32)20(34)21(19(17)33)55(12-7-3-1-4-8-12)13-9-5-2-6-10-13)22-53-14(23(35,36)25(39,40)27(43,44)29(47,48)49)11-15(54-22)24(37,38)26(41,42)28(45,46)30(50,51)52/h1-11H. The van der Waals surface area contributed by atoms with Crippen molar-refractivity contribution in [2.75, 3.05) is 4.90 Å². The smallest absolute Gasteiger partial charge is 0.305 e. The third-order valence-corrected chi connectivity index (χ3v) is 7.38. The van der Waals surface area contributed by atoms with E-state index in [0.717, 1.165) is 24.3 Å². The lowest BCUT2D eigenvalue weighted by Crippen LogP contribution is -2.60. The molecule has 300 valence electrons. The molecular formula is C30H11F22N3. The number of nitrogens with zero attached hydrogens (tertiary/aromatic N) is 3. The molecule has 0 aliphatic rings. The Kier molecular flexibility index (Phi) is 10.4. The Hall–Kier alpha value is -5.00. The average Bonchev–Trinajstić information content (AvgIpc) is 3.08. The number of benzene rings is 3. The Labute approximate surface area is 289 Å². The summed E-state index contributed by atoms with van der Waals surface area (Å²) in [6, 6.07) is 9.56. The van der Waals surface area contributed by atoms with Crippen molar-refractivity contribution in [3.8, 4) is 11.4 Å². The molecule has 1 heterocycles. The van der Waals surface area contributed by atoms with Crippen molar-refractivity contribution >= 4 is 17.1 Å². The Morgan fingerprint density at radius 1 is 0.400 bits per heavy atom. The van der Waals surface area contributed by atoms with Gasteiger partial charge in [-0.05, 0) is 30.3 Å². The lowest BCUT2D eigenvalue weighted by Gasteiger charge is -2.35. The van der Waals surface area contributed by atoms with Crippen LogP contribution in [-0.2, 0) is 11.8 Å². The van der Waals surface area contributed by atoms with E-state index in [1.54, 1.807) is 0 Å². The molecule has 0 amide bonds. The second-order valence-electron chi connectivity index (χ2n) is 10.9. The van der Waals surface area contributed by atoms with E-state index in [0.29, 0.717) is 4.90 Å². The molecule has 25 heteroatoms. The molecule has 0 bridgehead atoms. The van der Waals surface area contributed by atoms with Crippen molar-refractivity contribution in [2.45, 2.75) is 47.9 Å². The minimum atomic E-state index is -8.02. The van der Waals surface area contributed by atoms with Gasteiger partial charge in [0.25, 0.3) is 0 Å². The molecule has 3 nitrogen and oxygen atoms in total. The van der Waals surface area contributed by atoms with Crippen LogP contribution < -0.4 is 4.90 Å². The minimum absolute atomic E-state index is 0.362. The lowest BCUT2D eigenvalue weighted by molar-refractivity contribution is -0.401. The average molecular weight is 831 g/mol. The third kappa shape index (κ3) is 6.50. The van der Waals surface area contributed by atoms with Gasteiger partial charge >= 0.3 is 47.9 Å². The molecule has 4 rings (SSSR count). The van der Waals surface area contributed by atoms with Crippen LogP contribution in [0.25, 0.3) is 11.4 Å². The molecule has 0 unspecified atom stereocenters. The maximum absolute atomic E-state index is 15.8. The van der Waals surface area contributed by atoms with E-state index in [2.05, 4.69) is 0 Å². The van der Waals surface area contributed by atoms with Gasteiger partial charge in [-0.15, -0.1) is 0 Å². The van der Waals surface area contributed by atoms with Crippen molar-refractivity contribution in [1.29, 1.82) is 0 Å². The second kappa shape index (κ2) is 13.3. The van der Waals surface area contributed by atoms with Gasteiger partial charge in [0.05, 0.1) is 5.56 Å². The van der Waals surface area contributed by atoms with Gasteiger partial charge in [0.2, 0.25) is 0 Å². The van der Waals surface area contributed by atoms with Crippen molar-refractivity contribution in [3.05, 3.63) is 101 Å². The number of alkyl halides is 18. The van der Waals surface area contributed by atoms with E-state index in [1.165, 1.54) is 36.4 Å². The van der Waals surface area contributed by atoms with Gasteiger partial charge in [0.1, 0.15) is 17.1 Å². The first-order valence-electron chi connectivity index (χ1n) is 13.9. The highest BCUT2D eigenvalue weighted by molar-refractivity contribution is 5.79. The van der Waals surface area contributed by atoms with E-state index in [9.17, 15) is 79.0 Å². The van der Waals surface area contributed by atoms with Gasteiger partial charge in [0, 0.05) is 11.4 Å². The summed E-state index contributed by atoms with van der Waals surface area (Å²) in [6.45, 7) is 0. The quantitative estimate of drug-likeness (QED) is 0.118. The Morgan fingerprint density at radius 3 is 1.00 bits per heavy atom. The Morgan fingerprint density at radius 2 is 0.709 bits per heavy atom. The van der Waals surface area contributed by atoms with Crippen LogP contribution in [0.2, 0.25) is 0 Å². The Balaban J connectivity index is 2.14. The van der Waals surface area contributed by atoms with Crippen LogP contribution in [0.1, 0.15) is 11.4 Å². The van der Waals surface area contributed by atoms with Gasteiger partial charge in [-0.25, -0.2) is 27.5 Å². The summed E-state index contributed by atoms with van der Waals surface area (Å²) in [6.07, 6.45) is -15.4. The molecule has 0 aliphatic carbocycles. The van der Waals surface area contributed by atoms with Crippen LogP contribution in [0.5, 0.6) is 0 Å². The van der Waals surface area contributed by atoms with Crippen LogP contribution in [0, 0.1) is 23.3 Å². The highest BCUT2D eigenvalue weighted by Gasteiger charge is 2.84. The number of halogens is 22. The molecule has 0 radical (unpaired) electrons. The molecule has 0 aliphatic heterocycles. The minimum Gasteiger partial charge on any atom is -0.305 e. The number of anilines is 3. The van der Waals surface area contributed by atoms with E-state index in [1.807, 2.05) is 9.97 Å². The fraction of sp³-hybridized carbons (Fsp3) is 0.267. The number of rotatable bonds is 10. The normalized spacial score (nSPS) is 14.0. The zero-order chi connectivity index (χ0) is 42.1. The summed E-state index contributed by atoms with van der Waals surface area (Å²) in [5, 5.41) is 0. The summed E-state index contributed by atoms with van der Waals surface area (Å²) >= 11 is 0. The lowest BCUT2D eigenvalue weighted by atomic mass is 9.96. The van der Waals surface area contributed by atoms with Gasteiger partial charge < -0.3 is 4.90 Å². The third-order valence-electron chi connectivity index (χ3n) is 7.38. The molecule has 0 spiro atoms. The summed E-state index contributed by atoms with van der Waals surface area (Å²) in [7, 11) is 0. The number of aromatic nitrogens is 2. The van der Waals surface area contributed by atoms with E-state index >= 15 is 17.6 Å². The van der Waals surface area contributed by atoms with Crippen molar-refractivity contribution in [3.63, 3.8) is 0 Å². The topological polar surface area (TPSA) is 29.0 Å². The SMILES string of the molecule is Fc1c(F)c(N(c2ccccc2)c2ccccc2)c(F)c(F)c1-c1nc(C(F)(F)C(F)(F)C(F)(F)C(F)(F)F)cc(C(F)(F)C(F)(F)C(F)(F)C(F)(F)F)n1. The second-order valence-corrected chi connectivity index (χ2v) is 10.9. The first kappa shape index (κ1) is 42.7. The number of hydrogen-bond donors (Lipinski definition) is 0. The van der Waals surface area contributed by atoms with Gasteiger partial charge in [-0.1, -0.05) is 36.4 Å². The highest BCUT2D eigenvalue weighted by Crippen LogP contribution is 2.59. The molecule has 4 aromatic rings. The number of hydrogen-bond acceptors (Lipinski definition) is 3. The van der Waals surface area contributed by atoms with Gasteiger partial charge in [-0.2, -0.15) is 79.0 Å². The van der Waals surface area contributed by atoms with Crippen LogP contribution in [0.3, 0.4) is 0 Å². The number of para-hydroxylation sites is 2. The zero-order valence-corrected chi connectivity index (χ0v) is 25.5. The van der Waals surface area contributed by atoms with Crippen LogP contribution in [0.4, 0.5) is 114 Å². The monoisotopic (exact) mass is 831 g/mol. The molecule has 0 atom stereocenters. The van der Waals surface area contributed by atoms with Crippen molar-refractivity contribution in [1.82, 2.24) is 9.97 Å². The van der Waals surface area contributed by atoms with Crippen molar-refractivity contribution in [2.24, 2.45) is 0 Å². The molecule has 3 aromatic carbocycles. The first-order chi connectivity index (χ1) is 24.8. The predicted octanol–water partition coefficient (Wildman–Crippen LogP) is 12.0. The van der Waals surface area contributed by atoms with E-state index in [-0.39, 0.29) is 11.4 Å². The first-order valence-corrected chi connectivity index (χ1v) is 13.9. The molecular weight excluding hydrogens is 820 g/mol. The molecule has 1 aromatic heterocycles. The van der Waals surface area contributed by atoms with Gasteiger partial charge in [0.15, 0.2) is 29.1 Å². The van der Waals surface area contributed by atoms with Crippen LogP contribution >= 0.6 is 0 Å². The Bertz CT molecular complexity index is 1910. The molecule has 0 saturated heterocycles. The molecule has 0 fully saturated rings. The highest BCUT2D eigenvalue weighted by atomic mass is 19.4. The van der Waals surface area contributed by atoms with E-state index < -0.39 is 106 Å². The molecule has 0 N–H and O–H groups in total.